The standard InChI is InChI=1S/C20H20N2O3S/c1-12-3-8-15-16(9-12)26-18-17(15)19(23)22(11-21-18)10-13-4-6-14(7-5-13)20(24)25-2/h4-7,11-12H,3,8-10H2,1-2H3. The summed E-state index contributed by atoms with van der Waals surface area (Å²) in [5.41, 5.74) is 2.67. The van der Waals surface area contributed by atoms with Crippen LogP contribution in [0, 0.1) is 5.92 Å². The van der Waals surface area contributed by atoms with Gasteiger partial charge in [0.1, 0.15) is 4.83 Å². The summed E-state index contributed by atoms with van der Waals surface area (Å²) in [6, 6.07) is 7.11. The molecule has 1 atom stereocenters. The number of aryl methyl sites for hydroxylation is 1. The van der Waals surface area contributed by atoms with Crippen LogP contribution in [0.4, 0.5) is 0 Å². The number of methoxy groups -OCH3 is 1. The van der Waals surface area contributed by atoms with Crippen LogP contribution in [0.3, 0.4) is 0 Å². The van der Waals surface area contributed by atoms with Crippen LogP contribution in [0.25, 0.3) is 10.2 Å². The van der Waals surface area contributed by atoms with Gasteiger partial charge in [0.05, 0.1) is 30.9 Å². The van der Waals surface area contributed by atoms with Crippen molar-refractivity contribution in [1.29, 1.82) is 0 Å². The molecule has 0 radical (unpaired) electrons. The van der Waals surface area contributed by atoms with Crippen LogP contribution in [-0.2, 0) is 24.1 Å². The maximum absolute atomic E-state index is 13.0. The van der Waals surface area contributed by atoms with Crippen LogP contribution in [0.15, 0.2) is 35.4 Å². The second-order valence-corrected chi connectivity index (χ2v) is 7.98. The monoisotopic (exact) mass is 368 g/mol. The Morgan fingerprint density at radius 2 is 2.12 bits per heavy atom. The van der Waals surface area contributed by atoms with Crippen LogP contribution < -0.4 is 5.56 Å². The molecule has 0 N–H and O–H groups in total. The Hall–Kier alpha value is -2.47. The van der Waals surface area contributed by atoms with Crippen LogP contribution in [0.1, 0.15) is 39.7 Å². The van der Waals surface area contributed by atoms with Gasteiger partial charge in [-0.05, 0) is 48.4 Å². The van der Waals surface area contributed by atoms with Gasteiger partial charge in [-0.1, -0.05) is 19.1 Å². The smallest absolute Gasteiger partial charge is 0.337 e. The highest BCUT2D eigenvalue weighted by Gasteiger charge is 2.23. The summed E-state index contributed by atoms with van der Waals surface area (Å²) >= 11 is 1.66. The molecule has 1 aromatic carbocycles. The zero-order valence-corrected chi connectivity index (χ0v) is 15.6. The SMILES string of the molecule is COC(=O)c1ccc(Cn2cnc3sc4c(c3c2=O)CCC(C)C4)cc1. The first-order valence-corrected chi connectivity index (χ1v) is 9.55. The van der Waals surface area contributed by atoms with Crippen molar-refractivity contribution >= 4 is 27.5 Å². The van der Waals surface area contributed by atoms with E-state index in [1.807, 2.05) is 12.1 Å². The molecule has 5 nitrogen and oxygen atoms in total. The molecular formula is C20H20N2O3S. The average molecular weight is 368 g/mol. The Labute approximate surface area is 155 Å². The first kappa shape index (κ1) is 17.0. The van der Waals surface area contributed by atoms with E-state index < -0.39 is 0 Å². The molecule has 4 rings (SSSR count). The Morgan fingerprint density at radius 3 is 2.85 bits per heavy atom. The number of fused-ring (bicyclic) bond motifs is 3. The Kier molecular flexibility index (Phi) is 4.36. The summed E-state index contributed by atoms with van der Waals surface area (Å²) in [5, 5.41) is 0.797. The largest absolute Gasteiger partial charge is 0.465 e. The minimum atomic E-state index is -0.365. The normalized spacial score (nSPS) is 16.5. The molecule has 0 amide bonds. The third kappa shape index (κ3) is 2.94. The molecule has 2 aromatic heterocycles. The first-order valence-electron chi connectivity index (χ1n) is 8.73. The lowest BCUT2D eigenvalue weighted by atomic mass is 9.89. The fraction of sp³-hybridized carbons (Fsp3) is 0.350. The highest BCUT2D eigenvalue weighted by Crippen LogP contribution is 2.35. The van der Waals surface area contributed by atoms with E-state index in [-0.39, 0.29) is 11.5 Å². The fourth-order valence-electron chi connectivity index (χ4n) is 3.54. The van der Waals surface area contributed by atoms with Crippen molar-refractivity contribution in [3.63, 3.8) is 0 Å². The second-order valence-electron chi connectivity index (χ2n) is 6.90. The zero-order chi connectivity index (χ0) is 18.3. The third-order valence-corrected chi connectivity index (χ3v) is 6.17. The summed E-state index contributed by atoms with van der Waals surface area (Å²) in [4.78, 5) is 31.3. The van der Waals surface area contributed by atoms with Gasteiger partial charge >= 0.3 is 5.97 Å². The molecule has 0 spiro atoms. The predicted octanol–water partition coefficient (Wildman–Crippen LogP) is 3.42. The van der Waals surface area contributed by atoms with Gasteiger partial charge in [-0.3, -0.25) is 9.36 Å². The van der Waals surface area contributed by atoms with E-state index in [9.17, 15) is 9.59 Å². The molecule has 1 aliphatic carbocycles. The number of thiophene rings is 1. The number of hydrogen-bond donors (Lipinski definition) is 0. The fourth-order valence-corrected chi connectivity index (χ4v) is 4.88. The van der Waals surface area contributed by atoms with E-state index >= 15 is 0 Å². The molecule has 3 aromatic rings. The number of hydrogen-bond acceptors (Lipinski definition) is 5. The van der Waals surface area contributed by atoms with Crippen molar-refractivity contribution in [1.82, 2.24) is 9.55 Å². The van der Waals surface area contributed by atoms with E-state index in [1.165, 1.54) is 17.6 Å². The van der Waals surface area contributed by atoms with E-state index in [0.717, 1.165) is 35.0 Å². The minimum absolute atomic E-state index is 0.0269. The van der Waals surface area contributed by atoms with Crippen molar-refractivity contribution in [2.24, 2.45) is 5.92 Å². The van der Waals surface area contributed by atoms with E-state index in [4.69, 9.17) is 4.74 Å². The van der Waals surface area contributed by atoms with Crippen molar-refractivity contribution in [3.8, 4) is 0 Å². The van der Waals surface area contributed by atoms with Gasteiger partial charge in [0.15, 0.2) is 0 Å². The molecule has 1 unspecified atom stereocenters. The molecule has 6 heteroatoms. The summed E-state index contributed by atoms with van der Waals surface area (Å²) in [6.07, 6.45) is 4.77. The molecule has 0 bridgehead atoms. The quantitative estimate of drug-likeness (QED) is 0.665. The summed E-state index contributed by atoms with van der Waals surface area (Å²) in [6.45, 7) is 2.70. The highest BCUT2D eigenvalue weighted by atomic mass is 32.1. The van der Waals surface area contributed by atoms with Crippen molar-refractivity contribution in [2.75, 3.05) is 7.11 Å². The number of benzene rings is 1. The molecule has 0 aliphatic heterocycles. The van der Waals surface area contributed by atoms with Crippen LogP contribution >= 0.6 is 11.3 Å². The average Bonchev–Trinajstić information content (AvgIpc) is 3.02. The maximum Gasteiger partial charge on any atom is 0.337 e. The molecule has 0 saturated carbocycles. The Morgan fingerprint density at radius 1 is 1.35 bits per heavy atom. The molecule has 134 valence electrons. The van der Waals surface area contributed by atoms with Gasteiger partial charge < -0.3 is 4.74 Å². The Bertz CT molecular complexity index is 1030. The number of esters is 1. The molecule has 26 heavy (non-hydrogen) atoms. The number of carbonyl (C=O) groups is 1. The van der Waals surface area contributed by atoms with E-state index in [1.54, 1.807) is 34.4 Å². The maximum atomic E-state index is 13.0. The molecule has 2 heterocycles. The van der Waals surface area contributed by atoms with Gasteiger partial charge in [0.2, 0.25) is 0 Å². The Balaban J connectivity index is 1.68. The van der Waals surface area contributed by atoms with Crippen molar-refractivity contribution in [2.45, 2.75) is 32.7 Å². The first-order chi connectivity index (χ1) is 12.6. The number of nitrogens with zero attached hydrogens (tertiary/aromatic N) is 2. The lowest BCUT2D eigenvalue weighted by Crippen LogP contribution is -2.22. The second kappa shape index (κ2) is 6.68. The van der Waals surface area contributed by atoms with Crippen LogP contribution in [0.5, 0.6) is 0 Å². The molecule has 0 saturated heterocycles. The minimum Gasteiger partial charge on any atom is -0.465 e. The van der Waals surface area contributed by atoms with Crippen LogP contribution in [-0.4, -0.2) is 22.6 Å². The van der Waals surface area contributed by atoms with Crippen molar-refractivity contribution in [3.05, 3.63) is 62.5 Å². The third-order valence-electron chi connectivity index (χ3n) is 5.01. The lowest BCUT2D eigenvalue weighted by Gasteiger charge is -2.17. The highest BCUT2D eigenvalue weighted by molar-refractivity contribution is 7.18. The van der Waals surface area contributed by atoms with Gasteiger partial charge in [0, 0.05) is 4.88 Å². The number of rotatable bonds is 3. The summed E-state index contributed by atoms with van der Waals surface area (Å²) in [7, 11) is 1.36. The number of aromatic nitrogens is 2. The van der Waals surface area contributed by atoms with Gasteiger partial charge in [-0.15, -0.1) is 11.3 Å². The number of carbonyl (C=O) groups excluding carboxylic acids is 1. The van der Waals surface area contributed by atoms with E-state index in [0.29, 0.717) is 18.0 Å². The topological polar surface area (TPSA) is 61.2 Å². The number of ether oxygens (including phenoxy) is 1. The van der Waals surface area contributed by atoms with Crippen molar-refractivity contribution < 1.29 is 9.53 Å². The predicted molar refractivity (Wildman–Crippen MR) is 102 cm³/mol. The molecular weight excluding hydrogens is 348 g/mol. The summed E-state index contributed by atoms with van der Waals surface area (Å²) < 4.78 is 6.36. The van der Waals surface area contributed by atoms with Crippen LogP contribution in [0.2, 0.25) is 0 Å². The van der Waals surface area contributed by atoms with Gasteiger partial charge in [0.25, 0.3) is 5.56 Å². The van der Waals surface area contributed by atoms with Gasteiger partial charge in [-0.25, -0.2) is 9.78 Å². The zero-order valence-electron chi connectivity index (χ0n) is 14.8. The molecule has 1 aliphatic rings. The molecule has 0 fully saturated rings. The van der Waals surface area contributed by atoms with Gasteiger partial charge in [-0.2, -0.15) is 0 Å². The summed E-state index contributed by atoms with van der Waals surface area (Å²) in [5.74, 6) is 0.307. The lowest BCUT2D eigenvalue weighted by molar-refractivity contribution is 0.0600. The van der Waals surface area contributed by atoms with E-state index in [2.05, 4.69) is 11.9 Å².